The Kier molecular flexibility index (Phi) is 3.83. The first kappa shape index (κ1) is 16.3. The van der Waals surface area contributed by atoms with Crippen LogP contribution in [0.1, 0.15) is 63.0 Å². The van der Waals surface area contributed by atoms with Gasteiger partial charge < -0.3 is 10.6 Å². The Hall–Kier alpha value is -1.85. The molecule has 5 aliphatic carbocycles. The number of amides is 2. The van der Waals surface area contributed by atoms with E-state index in [0.29, 0.717) is 19.0 Å². The number of urea groups is 1. The van der Waals surface area contributed by atoms with Gasteiger partial charge in [0, 0.05) is 30.6 Å². The van der Waals surface area contributed by atoms with E-state index in [1.54, 1.807) is 17.0 Å². The fraction of sp³-hybridized carbons (Fsp3) is 0.750. The van der Waals surface area contributed by atoms with Crippen molar-refractivity contribution in [3.8, 4) is 0 Å². The molecule has 4 bridgehead atoms. The van der Waals surface area contributed by atoms with Gasteiger partial charge in [-0.2, -0.15) is 0 Å². The topological polar surface area (TPSA) is 76.0 Å². The van der Waals surface area contributed by atoms with E-state index >= 15 is 0 Å². The van der Waals surface area contributed by atoms with Crippen molar-refractivity contribution < 1.29 is 4.79 Å². The Bertz CT molecular complexity index is 732. The lowest BCUT2D eigenvalue weighted by molar-refractivity contribution is -0.0135. The van der Waals surface area contributed by atoms with Gasteiger partial charge in [0.2, 0.25) is 0 Å². The van der Waals surface area contributed by atoms with Crippen molar-refractivity contribution in [2.45, 2.75) is 69.4 Å². The summed E-state index contributed by atoms with van der Waals surface area (Å²) >= 11 is 0. The van der Waals surface area contributed by atoms with Crippen molar-refractivity contribution >= 4 is 6.03 Å². The molecule has 140 valence electrons. The average Bonchev–Trinajstić information content (AvgIpc) is 3.39. The van der Waals surface area contributed by atoms with Gasteiger partial charge in [0.15, 0.2) is 0 Å². The van der Waals surface area contributed by atoms with E-state index in [0.717, 1.165) is 55.6 Å². The molecule has 1 heterocycles. The third-order valence-electron chi connectivity index (χ3n) is 6.95. The normalized spacial score (nSPS) is 34.7. The number of nitrogens with zero attached hydrogens (tertiary/aromatic N) is 2. The number of hydrogen-bond donors (Lipinski definition) is 2. The summed E-state index contributed by atoms with van der Waals surface area (Å²) in [6.07, 6.45) is 11.5. The lowest BCUT2D eigenvalue weighted by atomic mass is 9.53. The zero-order chi connectivity index (χ0) is 17.7. The molecule has 6 heteroatoms. The molecule has 0 radical (unpaired) electrons. The van der Waals surface area contributed by atoms with E-state index in [4.69, 9.17) is 0 Å². The minimum Gasteiger partial charge on any atom is -0.336 e. The van der Waals surface area contributed by atoms with Crippen molar-refractivity contribution in [3.05, 3.63) is 28.4 Å². The van der Waals surface area contributed by atoms with Crippen molar-refractivity contribution in [2.24, 2.45) is 17.8 Å². The lowest BCUT2D eigenvalue weighted by Gasteiger charge is -2.56. The maximum Gasteiger partial charge on any atom is 0.315 e. The molecular formula is C20H28N4O2. The molecule has 6 nitrogen and oxygen atoms in total. The molecule has 2 amide bonds. The second-order valence-electron chi connectivity index (χ2n) is 9.20. The molecule has 5 fully saturated rings. The van der Waals surface area contributed by atoms with Gasteiger partial charge in [-0.15, -0.1) is 0 Å². The zero-order valence-electron chi connectivity index (χ0n) is 15.2. The minimum atomic E-state index is -0.0810. The van der Waals surface area contributed by atoms with Crippen LogP contribution >= 0.6 is 0 Å². The highest BCUT2D eigenvalue weighted by Crippen LogP contribution is 2.55. The number of hydrogen-bond acceptors (Lipinski definition) is 3. The average molecular weight is 356 g/mol. The third kappa shape index (κ3) is 3.14. The van der Waals surface area contributed by atoms with Gasteiger partial charge in [-0.05, 0) is 69.1 Å². The van der Waals surface area contributed by atoms with Crippen LogP contribution in [0.3, 0.4) is 0 Å². The van der Waals surface area contributed by atoms with Crippen LogP contribution in [0, 0.1) is 17.8 Å². The van der Waals surface area contributed by atoms with E-state index in [9.17, 15) is 9.59 Å². The van der Waals surface area contributed by atoms with Gasteiger partial charge in [0.1, 0.15) is 0 Å². The second kappa shape index (κ2) is 6.10. The molecule has 0 atom stereocenters. The summed E-state index contributed by atoms with van der Waals surface area (Å²) in [6, 6.07) is 1.57. The molecule has 1 aromatic heterocycles. The van der Waals surface area contributed by atoms with Crippen molar-refractivity contribution in [2.75, 3.05) is 6.54 Å². The van der Waals surface area contributed by atoms with Crippen LogP contribution in [0.4, 0.5) is 4.79 Å². The molecule has 1 aromatic rings. The molecule has 5 saturated carbocycles. The van der Waals surface area contributed by atoms with Crippen molar-refractivity contribution in [1.29, 1.82) is 0 Å². The van der Waals surface area contributed by atoms with Gasteiger partial charge in [0.05, 0.1) is 12.0 Å². The van der Waals surface area contributed by atoms with Crippen LogP contribution in [0.5, 0.6) is 0 Å². The highest BCUT2D eigenvalue weighted by atomic mass is 16.2. The zero-order valence-corrected chi connectivity index (χ0v) is 15.2. The molecule has 0 aliphatic heterocycles. The molecule has 0 saturated heterocycles. The van der Waals surface area contributed by atoms with Gasteiger partial charge in [-0.25, -0.2) is 9.78 Å². The molecule has 0 unspecified atom stereocenters. The van der Waals surface area contributed by atoms with Gasteiger partial charge >= 0.3 is 6.03 Å². The Morgan fingerprint density at radius 3 is 2.38 bits per heavy atom. The van der Waals surface area contributed by atoms with Crippen molar-refractivity contribution in [3.63, 3.8) is 0 Å². The third-order valence-corrected chi connectivity index (χ3v) is 6.95. The summed E-state index contributed by atoms with van der Waals surface area (Å²) in [5, 5.41) is 6.25. The maximum absolute atomic E-state index is 12.4. The standard InChI is InChI=1S/C20H28N4O2/c25-18-8-17(16-1-2-16)22-12-24(18)4-3-21-19(26)23-20-9-13-5-14(10-20)7-15(6-13)11-20/h8,12-16H,1-7,9-11H2,(H2,21,23,26). The summed E-state index contributed by atoms with van der Waals surface area (Å²) in [5.41, 5.74) is 0.923. The first-order valence-corrected chi connectivity index (χ1v) is 10.2. The fourth-order valence-corrected chi connectivity index (χ4v) is 6.05. The highest BCUT2D eigenvalue weighted by molar-refractivity contribution is 5.74. The number of nitrogens with one attached hydrogen (secondary N) is 2. The first-order valence-electron chi connectivity index (χ1n) is 10.2. The maximum atomic E-state index is 12.4. The van der Waals surface area contributed by atoms with E-state index in [1.165, 1.54) is 19.3 Å². The minimum absolute atomic E-state index is 0.0230. The van der Waals surface area contributed by atoms with Crippen LogP contribution in [0.2, 0.25) is 0 Å². The fourth-order valence-electron chi connectivity index (χ4n) is 6.05. The quantitative estimate of drug-likeness (QED) is 0.850. The predicted molar refractivity (Wildman–Crippen MR) is 97.9 cm³/mol. The molecule has 26 heavy (non-hydrogen) atoms. The van der Waals surface area contributed by atoms with E-state index in [-0.39, 0.29) is 17.1 Å². The first-order chi connectivity index (χ1) is 12.6. The van der Waals surface area contributed by atoms with Crippen LogP contribution in [0.25, 0.3) is 0 Å². The Morgan fingerprint density at radius 2 is 1.81 bits per heavy atom. The number of carbonyl (C=O) groups is 1. The molecular weight excluding hydrogens is 328 g/mol. The highest BCUT2D eigenvalue weighted by Gasteiger charge is 2.51. The van der Waals surface area contributed by atoms with Crippen LogP contribution in [-0.2, 0) is 6.54 Å². The molecule has 5 aliphatic rings. The lowest BCUT2D eigenvalue weighted by Crippen LogP contribution is -2.61. The van der Waals surface area contributed by atoms with E-state index in [2.05, 4.69) is 15.6 Å². The molecule has 2 N–H and O–H groups in total. The van der Waals surface area contributed by atoms with Gasteiger partial charge in [-0.3, -0.25) is 9.36 Å². The largest absolute Gasteiger partial charge is 0.336 e. The summed E-state index contributed by atoms with van der Waals surface area (Å²) < 4.78 is 1.58. The summed E-state index contributed by atoms with van der Waals surface area (Å²) in [5.74, 6) is 2.94. The SMILES string of the molecule is O=C(NCCn1cnc(C2CC2)cc1=O)NC12CC3CC(CC(C3)C1)C2. The van der Waals surface area contributed by atoms with Crippen molar-refractivity contribution in [1.82, 2.24) is 20.2 Å². The smallest absolute Gasteiger partial charge is 0.315 e. The Balaban J connectivity index is 1.14. The van der Waals surface area contributed by atoms with Crippen LogP contribution in [0.15, 0.2) is 17.2 Å². The predicted octanol–water partition coefficient (Wildman–Crippen LogP) is 2.39. The van der Waals surface area contributed by atoms with Crippen LogP contribution < -0.4 is 16.2 Å². The van der Waals surface area contributed by atoms with E-state index in [1.807, 2.05) is 0 Å². The van der Waals surface area contributed by atoms with Gasteiger partial charge in [-0.1, -0.05) is 0 Å². The van der Waals surface area contributed by atoms with Gasteiger partial charge in [0.25, 0.3) is 5.56 Å². The monoisotopic (exact) mass is 356 g/mol. The van der Waals surface area contributed by atoms with Crippen LogP contribution in [-0.4, -0.2) is 27.7 Å². The van der Waals surface area contributed by atoms with E-state index < -0.39 is 0 Å². The Labute approximate surface area is 153 Å². The number of carbonyl (C=O) groups excluding carboxylic acids is 1. The summed E-state index contributed by atoms with van der Waals surface area (Å²) in [4.78, 5) is 29.0. The Morgan fingerprint density at radius 1 is 1.15 bits per heavy atom. The molecule has 0 aromatic carbocycles. The number of rotatable bonds is 5. The number of aromatic nitrogens is 2. The summed E-state index contributed by atoms with van der Waals surface area (Å²) in [6.45, 7) is 0.910. The molecule has 0 spiro atoms. The second-order valence-corrected chi connectivity index (χ2v) is 9.20. The molecule has 6 rings (SSSR count). The summed E-state index contributed by atoms with van der Waals surface area (Å²) in [7, 11) is 0.